The maximum absolute atomic E-state index is 11.8. The van der Waals surface area contributed by atoms with E-state index >= 15 is 0 Å². The minimum atomic E-state index is 0.0450. The standard InChI is InChI=1S/C16H25N5O/c1-12-11-15(20-9-7-19(3)8-10-20)18-16(17-12)14-5-4-6-21(14)13(2)22/h11,14H,4-10H2,1-3H3/t14-/m0/s1. The largest absolute Gasteiger partial charge is 0.354 e. The van der Waals surface area contributed by atoms with Crippen LogP contribution in [0.25, 0.3) is 0 Å². The number of likely N-dealkylation sites (N-methyl/N-ethyl adjacent to an activating group) is 1. The van der Waals surface area contributed by atoms with Crippen LogP contribution in [0.3, 0.4) is 0 Å². The third-order valence-corrected chi connectivity index (χ3v) is 4.64. The number of hydrogen-bond donors (Lipinski definition) is 0. The van der Waals surface area contributed by atoms with Gasteiger partial charge in [-0.15, -0.1) is 0 Å². The van der Waals surface area contributed by atoms with Crippen LogP contribution in [-0.4, -0.2) is 65.4 Å². The maximum Gasteiger partial charge on any atom is 0.220 e. The minimum absolute atomic E-state index is 0.0450. The van der Waals surface area contributed by atoms with Gasteiger partial charge in [-0.1, -0.05) is 0 Å². The van der Waals surface area contributed by atoms with Crippen molar-refractivity contribution in [1.29, 1.82) is 0 Å². The van der Waals surface area contributed by atoms with Crippen molar-refractivity contribution < 1.29 is 4.79 Å². The molecule has 2 aliphatic heterocycles. The number of rotatable bonds is 2. The molecule has 0 bridgehead atoms. The van der Waals surface area contributed by atoms with Crippen LogP contribution in [0, 0.1) is 6.92 Å². The van der Waals surface area contributed by atoms with Gasteiger partial charge in [0.25, 0.3) is 0 Å². The van der Waals surface area contributed by atoms with E-state index in [1.807, 2.05) is 11.8 Å². The Bertz CT molecular complexity index is 553. The fourth-order valence-electron chi connectivity index (χ4n) is 3.33. The first-order chi connectivity index (χ1) is 10.5. The molecule has 0 aromatic carbocycles. The lowest BCUT2D eigenvalue weighted by Crippen LogP contribution is -2.45. The molecule has 0 radical (unpaired) electrons. The molecule has 120 valence electrons. The van der Waals surface area contributed by atoms with Crippen molar-refractivity contribution in [3.63, 3.8) is 0 Å². The highest BCUT2D eigenvalue weighted by atomic mass is 16.2. The molecular formula is C16H25N5O. The predicted molar refractivity (Wildman–Crippen MR) is 85.8 cm³/mol. The number of amides is 1. The highest BCUT2D eigenvalue weighted by Crippen LogP contribution is 2.31. The molecule has 3 rings (SSSR count). The lowest BCUT2D eigenvalue weighted by Gasteiger charge is -2.33. The van der Waals surface area contributed by atoms with Crippen LogP contribution < -0.4 is 4.90 Å². The molecule has 2 saturated heterocycles. The molecule has 22 heavy (non-hydrogen) atoms. The van der Waals surface area contributed by atoms with E-state index < -0.39 is 0 Å². The van der Waals surface area contributed by atoms with Crippen LogP contribution in [0.2, 0.25) is 0 Å². The average Bonchev–Trinajstić information content (AvgIpc) is 2.97. The van der Waals surface area contributed by atoms with Crippen LogP contribution in [0.15, 0.2) is 6.07 Å². The summed E-state index contributed by atoms with van der Waals surface area (Å²) in [6.07, 6.45) is 2.00. The molecule has 1 amide bonds. The normalized spacial score (nSPS) is 23.1. The fourth-order valence-corrected chi connectivity index (χ4v) is 3.33. The van der Waals surface area contributed by atoms with E-state index in [1.54, 1.807) is 6.92 Å². The Morgan fingerprint density at radius 2 is 1.91 bits per heavy atom. The van der Waals surface area contributed by atoms with Crippen LogP contribution >= 0.6 is 0 Å². The predicted octanol–water partition coefficient (Wildman–Crippen LogP) is 1.22. The second-order valence-corrected chi connectivity index (χ2v) is 6.39. The zero-order valence-corrected chi connectivity index (χ0v) is 13.7. The van der Waals surface area contributed by atoms with Crippen LogP contribution in [0.4, 0.5) is 5.82 Å². The smallest absolute Gasteiger partial charge is 0.220 e. The summed E-state index contributed by atoms with van der Waals surface area (Å²) < 4.78 is 0. The summed E-state index contributed by atoms with van der Waals surface area (Å²) in [5.41, 5.74) is 0.981. The summed E-state index contributed by atoms with van der Waals surface area (Å²) in [6, 6.07) is 2.10. The first-order valence-corrected chi connectivity index (χ1v) is 8.11. The summed E-state index contributed by atoms with van der Waals surface area (Å²) >= 11 is 0. The van der Waals surface area contributed by atoms with Gasteiger partial charge < -0.3 is 14.7 Å². The Morgan fingerprint density at radius 3 is 2.59 bits per heavy atom. The molecule has 2 fully saturated rings. The van der Waals surface area contributed by atoms with E-state index in [0.717, 1.165) is 62.9 Å². The van der Waals surface area contributed by atoms with Gasteiger partial charge in [0, 0.05) is 51.4 Å². The molecule has 6 heteroatoms. The van der Waals surface area contributed by atoms with Gasteiger partial charge >= 0.3 is 0 Å². The Labute approximate surface area is 132 Å². The van der Waals surface area contributed by atoms with Crippen LogP contribution in [0.1, 0.15) is 37.3 Å². The molecule has 0 unspecified atom stereocenters. The van der Waals surface area contributed by atoms with E-state index in [4.69, 9.17) is 4.98 Å². The molecule has 2 aliphatic rings. The lowest BCUT2D eigenvalue weighted by molar-refractivity contribution is -0.129. The van der Waals surface area contributed by atoms with Crippen molar-refractivity contribution in [2.24, 2.45) is 0 Å². The highest BCUT2D eigenvalue weighted by molar-refractivity contribution is 5.74. The fraction of sp³-hybridized carbons (Fsp3) is 0.688. The van der Waals surface area contributed by atoms with E-state index in [0.29, 0.717) is 0 Å². The van der Waals surface area contributed by atoms with E-state index in [9.17, 15) is 4.79 Å². The zero-order chi connectivity index (χ0) is 15.7. The van der Waals surface area contributed by atoms with Gasteiger partial charge in [-0.2, -0.15) is 0 Å². The molecule has 3 heterocycles. The van der Waals surface area contributed by atoms with Crippen molar-refractivity contribution in [2.75, 3.05) is 44.7 Å². The Morgan fingerprint density at radius 1 is 1.18 bits per heavy atom. The molecule has 1 atom stereocenters. The molecular weight excluding hydrogens is 278 g/mol. The summed E-state index contributed by atoms with van der Waals surface area (Å²) in [7, 11) is 2.15. The Hall–Kier alpha value is -1.69. The first-order valence-electron chi connectivity index (χ1n) is 8.11. The Balaban J connectivity index is 1.85. The lowest BCUT2D eigenvalue weighted by atomic mass is 10.2. The molecule has 1 aromatic rings. The monoisotopic (exact) mass is 303 g/mol. The molecule has 0 saturated carbocycles. The number of piperazine rings is 1. The molecule has 0 spiro atoms. The number of anilines is 1. The quantitative estimate of drug-likeness (QED) is 0.822. The molecule has 1 aromatic heterocycles. The van der Waals surface area contributed by atoms with E-state index in [-0.39, 0.29) is 11.9 Å². The summed E-state index contributed by atoms with van der Waals surface area (Å²) in [4.78, 5) is 27.8. The van der Waals surface area contributed by atoms with Crippen molar-refractivity contribution in [2.45, 2.75) is 32.7 Å². The third kappa shape index (κ3) is 3.06. The van der Waals surface area contributed by atoms with Gasteiger partial charge in [-0.05, 0) is 26.8 Å². The van der Waals surface area contributed by atoms with Crippen molar-refractivity contribution in [1.82, 2.24) is 19.8 Å². The minimum Gasteiger partial charge on any atom is -0.354 e. The van der Waals surface area contributed by atoms with Gasteiger partial charge in [0.1, 0.15) is 5.82 Å². The number of aromatic nitrogens is 2. The van der Waals surface area contributed by atoms with E-state index in [2.05, 4.69) is 27.9 Å². The molecule has 0 N–H and O–H groups in total. The van der Waals surface area contributed by atoms with Crippen molar-refractivity contribution in [3.05, 3.63) is 17.6 Å². The highest BCUT2D eigenvalue weighted by Gasteiger charge is 2.30. The second kappa shape index (κ2) is 6.20. The van der Waals surface area contributed by atoms with Gasteiger partial charge in [-0.3, -0.25) is 4.79 Å². The first kappa shape index (κ1) is 15.2. The number of nitrogens with zero attached hydrogens (tertiary/aromatic N) is 5. The van der Waals surface area contributed by atoms with Gasteiger partial charge in [-0.25, -0.2) is 9.97 Å². The average molecular weight is 303 g/mol. The van der Waals surface area contributed by atoms with E-state index in [1.165, 1.54) is 0 Å². The SMILES string of the molecule is CC(=O)N1CCC[C@H]1c1nc(C)cc(N2CCN(C)CC2)n1. The van der Waals surface area contributed by atoms with Crippen LogP contribution in [0.5, 0.6) is 0 Å². The van der Waals surface area contributed by atoms with Gasteiger partial charge in [0.05, 0.1) is 6.04 Å². The maximum atomic E-state index is 11.8. The number of aryl methyl sites for hydroxylation is 1. The summed E-state index contributed by atoms with van der Waals surface area (Å²) in [5.74, 6) is 1.93. The topological polar surface area (TPSA) is 52.6 Å². The number of carbonyl (C=O) groups is 1. The Kier molecular flexibility index (Phi) is 4.29. The second-order valence-electron chi connectivity index (χ2n) is 6.39. The van der Waals surface area contributed by atoms with Crippen molar-refractivity contribution >= 4 is 11.7 Å². The zero-order valence-electron chi connectivity index (χ0n) is 13.7. The number of likely N-dealkylation sites (tertiary alicyclic amines) is 1. The van der Waals surface area contributed by atoms with Gasteiger partial charge in [0.15, 0.2) is 5.82 Å². The summed E-state index contributed by atoms with van der Waals surface area (Å²) in [6.45, 7) is 8.57. The molecule has 6 nitrogen and oxygen atoms in total. The van der Waals surface area contributed by atoms with Gasteiger partial charge in [0.2, 0.25) is 5.91 Å². The number of carbonyl (C=O) groups excluding carboxylic acids is 1. The number of hydrogen-bond acceptors (Lipinski definition) is 5. The molecule has 0 aliphatic carbocycles. The summed E-state index contributed by atoms with van der Waals surface area (Å²) in [5, 5.41) is 0. The van der Waals surface area contributed by atoms with Crippen LogP contribution in [-0.2, 0) is 4.79 Å². The van der Waals surface area contributed by atoms with Crippen molar-refractivity contribution in [3.8, 4) is 0 Å². The third-order valence-electron chi connectivity index (χ3n) is 4.64.